The lowest BCUT2D eigenvalue weighted by molar-refractivity contribution is -0.125. The highest BCUT2D eigenvalue weighted by molar-refractivity contribution is 6.28. The third kappa shape index (κ3) is 5.09. The number of amides is 2. The molecule has 0 atom stereocenters. The summed E-state index contributed by atoms with van der Waals surface area (Å²) < 4.78 is 5.01. The van der Waals surface area contributed by atoms with Gasteiger partial charge in [0.2, 0.25) is 5.91 Å². The van der Waals surface area contributed by atoms with Gasteiger partial charge in [0.25, 0.3) is 0 Å². The fourth-order valence-electron chi connectivity index (χ4n) is 0.504. The summed E-state index contributed by atoms with van der Waals surface area (Å²) >= 11 is 5.26. The molecule has 0 rings (SSSR count). The van der Waals surface area contributed by atoms with Crippen molar-refractivity contribution < 1.29 is 19.2 Å². The lowest BCUT2D eigenvalue weighted by Crippen LogP contribution is -2.34. The molecular formula is C9H15ClN2O4. The molecule has 0 radical (unpaired) electrons. The van der Waals surface area contributed by atoms with E-state index in [1.807, 2.05) is 0 Å². The van der Waals surface area contributed by atoms with Gasteiger partial charge >= 0.3 is 6.09 Å². The van der Waals surface area contributed by atoms with Crippen molar-refractivity contribution >= 4 is 29.8 Å². The van der Waals surface area contributed by atoms with E-state index in [9.17, 15) is 9.59 Å². The Morgan fingerprint density at radius 1 is 1.50 bits per heavy atom. The van der Waals surface area contributed by atoms with Crippen molar-refractivity contribution in [3.05, 3.63) is 0 Å². The molecule has 0 aromatic carbocycles. The first kappa shape index (κ1) is 14.9. The zero-order valence-electron chi connectivity index (χ0n) is 9.69. The summed E-state index contributed by atoms with van der Waals surface area (Å²) in [6.45, 7) is 3.47. The third-order valence-electron chi connectivity index (χ3n) is 1.78. The highest BCUT2D eigenvalue weighted by Gasteiger charge is 2.18. The number of ether oxygens (including phenoxy) is 1. The first-order chi connectivity index (χ1) is 7.34. The first-order valence-electron chi connectivity index (χ1n) is 4.47. The average molecular weight is 251 g/mol. The molecule has 0 N–H and O–H groups in total. The van der Waals surface area contributed by atoms with E-state index in [1.165, 1.54) is 20.4 Å². The van der Waals surface area contributed by atoms with Gasteiger partial charge in [-0.2, -0.15) is 0 Å². The fraction of sp³-hybridized carbons (Fsp3) is 0.667. The van der Waals surface area contributed by atoms with Crippen molar-refractivity contribution in [2.45, 2.75) is 19.4 Å². The van der Waals surface area contributed by atoms with Crippen LogP contribution in [0.4, 0.5) is 4.79 Å². The van der Waals surface area contributed by atoms with E-state index in [0.717, 1.165) is 4.90 Å². The smallest absolute Gasteiger partial charge is 0.373 e. The van der Waals surface area contributed by atoms with Crippen LogP contribution < -0.4 is 0 Å². The van der Waals surface area contributed by atoms with Gasteiger partial charge in [-0.1, -0.05) is 5.16 Å². The van der Waals surface area contributed by atoms with Crippen molar-refractivity contribution in [1.82, 2.24) is 4.90 Å². The van der Waals surface area contributed by atoms with Crippen LogP contribution >= 0.6 is 11.6 Å². The number of alkyl halides is 1. The zero-order valence-corrected chi connectivity index (χ0v) is 10.4. The number of methoxy groups -OCH3 is 1. The van der Waals surface area contributed by atoms with Crippen LogP contribution in [0.5, 0.6) is 0 Å². The van der Waals surface area contributed by atoms with Crippen molar-refractivity contribution in [3.8, 4) is 0 Å². The summed E-state index contributed by atoms with van der Waals surface area (Å²) in [4.78, 5) is 27.4. The van der Waals surface area contributed by atoms with E-state index < -0.39 is 17.6 Å². The number of hydrogen-bond acceptors (Lipinski definition) is 5. The number of imide groups is 1. The lowest BCUT2D eigenvalue weighted by atomic mass is 10.2. The minimum absolute atomic E-state index is 0.293. The number of oxime groups is 1. The standard InChI is InChI=1S/C9H15ClN2O4/c1-9(2,15-4)6-11-16-8(14)12(3)7(13)5-10/h6H,5H2,1-4H3. The van der Waals surface area contributed by atoms with Gasteiger partial charge in [-0.3, -0.25) is 9.63 Å². The van der Waals surface area contributed by atoms with Crippen LogP contribution in [0.3, 0.4) is 0 Å². The van der Waals surface area contributed by atoms with Crippen LogP contribution in [0.2, 0.25) is 0 Å². The Balaban J connectivity index is 4.22. The molecule has 16 heavy (non-hydrogen) atoms. The molecule has 0 fully saturated rings. The topological polar surface area (TPSA) is 68.2 Å². The maximum atomic E-state index is 11.2. The molecule has 0 aromatic heterocycles. The van der Waals surface area contributed by atoms with Crippen LogP contribution in [-0.4, -0.2) is 48.8 Å². The van der Waals surface area contributed by atoms with Gasteiger partial charge in [-0.05, 0) is 13.8 Å². The summed E-state index contributed by atoms with van der Waals surface area (Å²) in [5, 5.41) is 3.42. The van der Waals surface area contributed by atoms with Crippen LogP contribution in [0.25, 0.3) is 0 Å². The molecule has 0 aromatic rings. The zero-order chi connectivity index (χ0) is 12.8. The summed E-state index contributed by atoms with van der Waals surface area (Å²) in [5.74, 6) is -0.855. The van der Waals surface area contributed by atoms with Gasteiger partial charge in [0.05, 0.1) is 6.21 Å². The molecule has 0 aliphatic heterocycles. The van der Waals surface area contributed by atoms with Gasteiger partial charge < -0.3 is 4.74 Å². The lowest BCUT2D eigenvalue weighted by Gasteiger charge is -2.16. The van der Waals surface area contributed by atoms with Crippen molar-refractivity contribution in [2.24, 2.45) is 5.16 Å². The van der Waals surface area contributed by atoms with Crippen LogP contribution in [-0.2, 0) is 14.4 Å². The molecule has 0 heterocycles. The Morgan fingerprint density at radius 2 is 2.06 bits per heavy atom. The normalized spacial score (nSPS) is 11.6. The molecule has 2 amide bonds. The van der Waals surface area contributed by atoms with Crippen molar-refractivity contribution in [2.75, 3.05) is 20.0 Å². The van der Waals surface area contributed by atoms with E-state index >= 15 is 0 Å². The van der Waals surface area contributed by atoms with Crippen LogP contribution in [0, 0.1) is 0 Å². The summed E-state index contributed by atoms with van der Waals surface area (Å²) in [6, 6.07) is 0. The van der Waals surface area contributed by atoms with Gasteiger partial charge in [0, 0.05) is 14.2 Å². The average Bonchev–Trinajstić information content (AvgIpc) is 2.26. The van der Waals surface area contributed by atoms with E-state index in [1.54, 1.807) is 13.8 Å². The Labute approximate surface area is 99.1 Å². The minimum atomic E-state index is -0.895. The molecule has 0 unspecified atom stereocenters. The molecule has 92 valence electrons. The number of halogens is 1. The number of nitrogens with zero attached hydrogens (tertiary/aromatic N) is 2. The number of hydrogen-bond donors (Lipinski definition) is 0. The Bertz CT molecular complexity index is 291. The second kappa shape index (κ2) is 6.44. The van der Waals surface area contributed by atoms with Crippen LogP contribution in [0.1, 0.15) is 13.8 Å². The number of carbonyl (C=O) groups excluding carboxylic acids is 2. The Kier molecular flexibility index (Phi) is 5.98. The van der Waals surface area contributed by atoms with Crippen molar-refractivity contribution in [3.63, 3.8) is 0 Å². The SMILES string of the molecule is COC(C)(C)C=NOC(=O)N(C)C(=O)CCl. The second-order valence-electron chi connectivity index (χ2n) is 3.49. The summed E-state index contributed by atoms with van der Waals surface area (Å²) in [6.07, 6.45) is 0.415. The Hall–Kier alpha value is -1.14. The highest BCUT2D eigenvalue weighted by atomic mass is 35.5. The number of carbonyl (C=O) groups is 2. The largest absolute Gasteiger partial charge is 0.442 e. The molecule has 0 bridgehead atoms. The maximum absolute atomic E-state index is 11.2. The molecule has 0 aliphatic carbocycles. The van der Waals surface area contributed by atoms with Gasteiger partial charge in [-0.25, -0.2) is 9.69 Å². The number of rotatable bonds is 4. The van der Waals surface area contributed by atoms with E-state index in [4.69, 9.17) is 16.3 Å². The second-order valence-corrected chi connectivity index (χ2v) is 3.75. The predicted molar refractivity (Wildman–Crippen MR) is 59.6 cm³/mol. The van der Waals surface area contributed by atoms with Gasteiger partial charge in [-0.15, -0.1) is 11.6 Å². The molecule has 0 spiro atoms. The molecule has 0 saturated carbocycles. The summed E-state index contributed by atoms with van der Waals surface area (Å²) in [7, 11) is 2.75. The highest BCUT2D eigenvalue weighted by Crippen LogP contribution is 2.03. The quantitative estimate of drug-likeness (QED) is 0.326. The molecule has 0 saturated heterocycles. The molecule has 0 aliphatic rings. The predicted octanol–water partition coefficient (Wildman–Crippen LogP) is 1.23. The monoisotopic (exact) mass is 250 g/mol. The van der Waals surface area contributed by atoms with E-state index in [-0.39, 0.29) is 5.88 Å². The maximum Gasteiger partial charge on any atom is 0.442 e. The minimum Gasteiger partial charge on any atom is -0.373 e. The molecule has 6 nitrogen and oxygen atoms in total. The van der Waals surface area contributed by atoms with Gasteiger partial charge in [0.15, 0.2) is 0 Å². The van der Waals surface area contributed by atoms with Crippen molar-refractivity contribution in [1.29, 1.82) is 0 Å². The fourth-order valence-corrected chi connectivity index (χ4v) is 0.683. The van der Waals surface area contributed by atoms with E-state index in [0.29, 0.717) is 0 Å². The molecular weight excluding hydrogens is 236 g/mol. The third-order valence-corrected chi connectivity index (χ3v) is 2.01. The van der Waals surface area contributed by atoms with Crippen LogP contribution in [0.15, 0.2) is 5.16 Å². The Morgan fingerprint density at radius 3 is 2.50 bits per heavy atom. The summed E-state index contributed by atoms with van der Waals surface area (Å²) in [5.41, 5.74) is -0.644. The first-order valence-corrected chi connectivity index (χ1v) is 5.00. The van der Waals surface area contributed by atoms with E-state index in [2.05, 4.69) is 9.99 Å². The van der Waals surface area contributed by atoms with Gasteiger partial charge in [0.1, 0.15) is 11.5 Å². The molecule has 7 heteroatoms.